The summed E-state index contributed by atoms with van der Waals surface area (Å²) >= 11 is 1.55. The number of pyridine rings is 1. The molecule has 0 spiro atoms. The lowest BCUT2D eigenvalue weighted by molar-refractivity contribution is -0.129. The Morgan fingerprint density at radius 2 is 2.10 bits per heavy atom. The van der Waals surface area contributed by atoms with Crippen LogP contribution in [0.3, 0.4) is 0 Å². The van der Waals surface area contributed by atoms with Crippen molar-refractivity contribution in [3.63, 3.8) is 0 Å². The van der Waals surface area contributed by atoms with Gasteiger partial charge in [-0.3, -0.25) is 14.6 Å². The third kappa shape index (κ3) is 3.40. The number of aromatic nitrogens is 1. The van der Waals surface area contributed by atoms with Crippen molar-refractivity contribution in [2.75, 3.05) is 36.2 Å². The summed E-state index contributed by atoms with van der Waals surface area (Å²) in [6.07, 6.45) is 2.96. The maximum absolute atomic E-state index is 12.8. The van der Waals surface area contributed by atoms with Gasteiger partial charge >= 0.3 is 0 Å². The van der Waals surface area contributed by atoms with Gasteiger partial charge < -0.3 is 15.1 Å². The molecular weight excluding hydrogens is 386 g/mol. The molecule has 2 amide bonds. The van der Waals surface area contributed by atoms with E-state index in [1.807, 2.05) is 12.1 Å². The second-order valence-corrected chi connectivity index (χ2v) is 8.91. The maximum atomic E-state index is 12.8. The highest BCUT2D eigenvalue weighted by Crippen LogP contribution is 2.46. The predicted octanol–water partition coefficient (Wildman–Crippen LogP) is 1.85. The Morgan fingerprint density at radius 1 is 1.28 bits per heavy atom. The average Bonchev–Trinajstić information content (AvgIpc) is 3.15. The number of nitriles is 1. The van der Waals surface area contributed by atoms with Crippen LogP contribution in [-0.2, 0) is 4.79 Å². The van der Waals surface area contributed by atoms with Crippen molar-refractivity contribution in [2.45, 2.75) is 12.5 Å². The van der Waals surface area contributed by atoms with Gasteiger partial charge in [-0.15, -0.1) is 11.8 Å². The quantitative estimate of drug-likeness (QED) is 0.832. The van der Waals surface area contributed by atoms with E-state index in [2.05, 4.69) is 27.3 Å². The highest BCUT2D eigenvalue weighted by Gasteiger charge is 2.45. The van der Waals surface area contributed by atoms with Gasteiger partial charge in [0.15, 0.2) is 0 Å². The summed E-state index contributed by atoms with van der Waals surface area (Å²) in [6.45, 7) is 2.05. The van der Waals surface area contributed by atoms with E-state index >= 15 is 0 Å². The summed E-state index contributed by atoms with van der Waals surface area (Å²) in [5.41, 5.74) is 2.40. The molecule has 3 fully saturated rings. The molecule has 2 unspecified atom stereocenters. The molecule has 1 aromatic carbocycles. The van der Waals surface area contributed by atoms with E-state index in [0.717, 1.165) is 41.5 Å². The molecule has 2 aliphatic heterocycles. The number of piperidine rings is 1. The fourth-order valence-corrected chi connectivity index (χ4v) is 5.39. The Morgan fingerprint density at radius 3 is 2.90 bits per heavy atom. The third-order valence-corrected chi connectivity index (χ3v) is 7.08. The molecule has 3 aliphatic rings. The zero-order valence-electron chi connectivity index (χ0n) is 15.9. The number of carbonyl (C=O) groups excluding carboxylic acids is 2. The van der Waals surface area contributed by atoms with Crippen molar-refractivity contribution in [3.8, 4) is 6.07 Å². The van der Waals surface area contributed by atoms with Crippen molar-refractivity contribution in [2.24, 2.45) is 11.8 Å². The minimum atomic E-state index is -0.416. The molecule has 0 bridgehead atoms. The zero-order chi connectivity index (χ0) is 20.0. The van der Waals surface area contributed by atoms with Crippen molar-refractivity contribution < 1.29 is 9.59 Å². The highest BCUT2D eigenvalue weighted by atomic mass is 32.2. The first kappa shape index (κ1) is 18.3. The van der Waals surface area contributed by atoms with Crippen LogP contribution in [0, 0.1) is 23.2 Å². The molecule has 8 heteroatoms. The average molecular weight is 407 g/mol. The normalized spacial score (nSPS) is 25.0. The van der Waals surface area contributed by atoms with E-state index in [0.29, 0.717) is 17.2 Å². The molecule has 1 aliphatic carbocycles. The lowest BCUT2D eigenvalue weighted by Crippen LogP contribution is -2.42. The minimum Gasteiger partial charge on any atom is -0.371 e. The van der Waals surface area contributed by atoms with Crippen LogP contribution in [0.1, 0.15) is 16.8 Å². The molecule has 148 valence electrons. The summed E-state index contributed by atoms with van der Waals surface area (Å²) in [5.74, 6) is 2.24. The Labute approximate surface area is 173 Å². The summed E-state index contributed by atoms with van der Waals surface area (Å²) in [4.78, 5) is 33.5. The molecule has 2 saturated heterocycles. The first-order chi connectivity index (χ1) is 14.1. The fourth-order valence-electron chi connectivity index (χ4n) is 4.29. The van der Waals surface area contributed by atoms with Gasteiger partial charge in [-0.1, -0.05) is 0 Å². The van der Waals surface area contributed by atoms with Crippen LogP contribution in [-0.4, -0.2) is 59.0 Å². The lowest BCUT2D eigenvalue weighted by atomic mass is 10.1. The molecule has 1 aromatic heterocycles. The van der Waals surface area contributed by atoms with Gasteiger partial charge in [0.05, 0.1) is 29.6 Å². The number of thioether (sulfide) groups is 1. The van der Waals surface area contributed by atoms with E-state index in [-0.39, 0.29) is 18.4 Å². The Hall–Kier alpha value is -2.79. The third-order valence-electron chi connectivity index (χ3n) is 6.07. The van der Waals surface area contributed by atoms with Crippen LogP contribution in [0.15, 0.2) is 30.5 Å². The molecule has 5 rings (SSSR count). The van der Waals surface area contributed by atoms with E-state index in [4.69, 9.17) is 5.26 Å². The van der Waals surface area contributed by atoms with Crippen LogP contribution in [0.5, 0.6) is 0 Å². The molecular formula is C21H21N5O2S. The van der Waals surface area contributed by atoms with Crippen LogP contribution in [0.4, 0.5) is 5.69 Å². The summed E-state index contributed by atoms with van der Waals surface area (Å²) < 4.78 is 0. The van der Waals surface area contributed by atoms with Gasteiger partial charge in [0.1, 0.15) is 6.04 Å². The monoisotopic (exact) mass is 407 g/mol. The number of anilines is 1. The summed E-state index contributed by atoms with van der Waals surface area (Å²) in [5, 5.41) is 12.7. The van der Waals surface area contributed by atoms with Crippen molar-refractivity contribution in [3.05, 3.63) is 36.0 Å². The van der Waals surface area contributed by atoms with Gasteiger partial charge in [0, 0.05) is 36.1 Å². The van der Waals surface area contributed by atoms with Crippen LogP contribution in [0.25, 0.3) is 10.9 Å². The number of nitrogens with one attached hydrogen (secondary N) is 1. The number of carbonyl (C=O) groups is 2. The highest BCUT2D eigenvalue weighted by molar-refractivity contribution is 7.99. The van der Waals surface area contributed by atoms with Crippen molar-refractivity contribution >= 4 is 40.2 Å². The van der Waals surface area contributed by atoms with E-state index in [1.165, 1.54) is 11.3 Å². The smallest absolute Gasteiger partial charge is 0.252 e. The Balaban J connectivity index is 1.33. The fraction of sp³-hybridized carbons (Fsp3) is 0.429. The SMILES string of the molecule is N#C[C@@H]1CSCN1C(=O)CNC(=O)c1ccnc2ccc(N3CC4CC4C3)cc12. The van der Waals surface area contributed by atoms with Crippen LogP contribution in [0.2, 0.25) is 0 Å². The lowest BCUT2D eigenvalue weighted by Gasteiger charge is -2.21. The molecule has 7 nitrogen and oxygen atoms in total. The molecule has 29 heavy (non-hydrogen) atoms. The number of hydrogen-bond donors (Lipinski definition) is 1. The number of hydrogen-bond acceptors (Lipinski definition) is 6. The van der Waals surface area contributed by atoms with Crippen LogP contribution < -0.4 is 10.2 Å². The molecule has 0 radical (unpaired) electrons. The first-order valence-electron chi connectivity index (χ1n) is 9.83. The number of nitrogens with zero attached hydrogens (tertiary/aromatic N) is 4. The zero-order valence-corrected chi connectivity index (χ0v) is 16.7. The first-order valence-corrected chi connectivity index (χ1v) is 11.0. The molecule has 2 aromatic rings. The number of amides is 2. The Bertz CT molecular complexity index is 1030. The molecule has 1 saturated carbocycles. The minimum absolute atomic E-state index is 0.115. The van der Waals surface area contributed by atoms with Gasteiger partial charge in [-0.25, -0.2) is 0 Å². The number of fused-ring (bicyclic) bond motifs is 2. The van der Waals surface area contributed by atoms with E-state index in [9.17, 15) is 9.59 Å². The van der Waals surface area contributed by atoms with E-state index in [1.54, 1.807) is 24.0 Å². The molecule has 3 atom stereocenters. The number of rotatable bonds is 4. The van der Waals surface area contributed by atoms with Crippen molar-refractivity contribution in [1.29, 1.82) is 5.26 Å². The van der Waals surface area contributed by atoms with E-state index < -0.39 is 6.04 Å². The standard InChI is InChI=1S/C21H21N5O2S/c22-7-16-11-29-12-26(16)20(27)8-24-21(28)17-3-4-23-19-2-1-15(6-18(17)19)25-9-13-5-14(13)10-25/h1-4,6,13-14,16H,5,8-12H2,(H,24,28)/t13?,14?,16-/m1/s1. The van der Waals surface area contributed by atoms with Crippen molar-refractivity contribution in [1.82, 2.24) is 15.2 Å². The molecule has 3 heterocycles. The van der Waals surface area contributed by atoms with Gasteiger partial charge in [0.2, 0.25) is 5.91 Å². The molecule has 1 N–H and O–H groups in total. The summed E-state index contributed by atoms with van der Waals surface area (Å²) in [7, 11) is 0. The predicted molar refractivity (Wildman–Crippen MR) is 111 cm³/mol. The number of benzene rings is 1. The Kier molecular flexibility index (Phi) is 4.55. The maximum Gasteiger partial charge on any atom is 0.252 e. The second-order valence-electron chi connectivity index (χ2n) is 7.91. The second kappa shape index (κ2) is 7.23. The topological polar surface area (TPSA) is 89.3 Å². The van der Waals surface area contributed by atoms with Gasteiger partial charge in [0.25, 0.3) is 5.91 Å². The van der Waals surface area contributed by atoms with Gasteiger partial charge in [-0.05, 0) is 42.5 Å². The van der Waals surface area contributed by atoms with Gasteiger partial charge in [-0.2, -0.15) is 5.26 Å². The largest absolute Gasteiger partial charge is 0.371 e. The summed E-state index contributed by atoms with van der Waals surface area (Å²) in [6, 6.07) is 9.47. The van der Waals surface area contributed by atoms with Crippen LogP contribution >= 0.6 is 11.8 Å².